The standard InChI is InChI=1S/C18H15N5O5/c1-9-5-10(2)23-18(19-9)21-16(22-23)17(26)28-7-13(24)11-3-4-14-12(6-11)20-15(25)8-27-14/h3-6H,7-8H2,1-2H3,(H,20,25). The normalized spacial score (nSPS) is 12.9. The quantitative estimate of drug-likeness (QED) is 0.526. The molecular weight excluding hydrogens is 366 g/mol. The average Bonchev–Trinajstić information content (AvgIpc) is 3.09. The number of aryl methyl sites for hydroxylation is 2. The number of esters is 1. The summed E-state index contributed by atoms with van der Waals surface area (Å²) in [6, 6.07) is 6.39. The van der Waals surface area contributed by atoms with Crippen LogP contribution in [0.1, 0.15) is 32.4 Å². The molecule has 0 fully saturated rings. The zero-order valence-corrected chi connectivity index (χ0v) is 15.1. The van der Waals surface area contributed by atoms with Crippen molar-refractivity contribution in [3.63, 3.8) is 0 Å². The third kappa shape index (κ3) is 3.27. The summed E-state index contributed by atoms with van der Waals surface area (Å²) in [5.41, 5.74) is 2.18. The Morgan fingerprint density at radius 2 is 2.07 bits per heavy atom. The van der Waals surface area contributed by atoms with Crippen LogP contribution in [0.2, 0.25) is 0 Å². The van der Waals surface area contributed by atoms with Crippen LogP contribution < -0.4 is 10.1 Å². The minimum absolute atomic E-state index is 0.0717. The van der Waals surface area contributed by atoms with E-state index in [2.05, 4.69) is 20.4 Å². The van der Waals surface area contributed by atoms with Crippen LogP contribution in [-0.4, -0.2) is 50.5 Å². The van der Waals surface area contributed by atoms with E-state index in [1.165, 1.54) is 16.6 Å². The van der Waals surface area contributed by atoms with Crippen LogP contribution in [0.4, 0.5) is 5.69 Å². The van der Waals surface area contributed by atoms with Crippen molar-refractivity contribution in [3.8, 4) is 5.75 Å². The smallest absolute Gasteiger partial charge is 0.378 e. The number of rotatable bonds is 4. The highest BCUT2D eigenvalue weighted by atomic mass is 16.5. The number of hydrogen-bond donors (Lipinski definition) is 1. The van der Waals surface area contributed by atoms with Gasteiger partial charge >= 0.3 is 5.97 Å². The SMILES string of the molecule is Cc1cc(C)n2nc(C(=O)OCC(=O)c3ccc4c(c3)NC(=O)CO4)nc2n1. The second-order valence-electron chi connectivity index (χ2n) is 6.23. The Morgan fingerprint density at radius 1 is 1.25 bits per heavy atom. The fourth-order valence-electron chi connectivity index (χ4n) is 2.79. The number of benzene rings is 1. The van der Waals surface area contributed by atoms with Crippen molar-refractivity contribution in [2.45, 2.75) is 13.8 Å². The topological polar surface area (TPSA) is 125 Å². The van der Waals surface area contributed by atoms with Crippen molar-refractivity contribution in [2.24, 2.45) is 0 Å². The lowest BCUT2D eigenvalue weighted by Crippen LogP contribution is -2.25. The Hall–Kier alpha value is -3.82. The van der Waals surface area contributed by atoms with Gasteiger partial charge in [0.05, 0.1) is 5.69 Å². The lowest BCUT2D eigenvalue weighted by molar-refractivity contribution is -0.118. The van der Waals surface area contributed by atoms with Gasteiger partial charge in [-0.3, -0.25) is 9.59 Å². The van der Waals surface area contributed by atoms with E-state index < -0.39 is 18.4 Å². The number of fused-ring (bicyclic) bond motifs is 2. The summed E-state index contributed by atoms with van der Waals surface area (Å²) < 4.78 is 11.7. The highest BCUT2D eigenvalue weighted by molar-refractivity contribution is 6.02. The lowest BCUT2D eigenvalue weighted by atomic mass is 10.1. The van der Waals surface area contributed by atoms with E-state index in [1.807, 2.05) is 13.8 Å². The monoisotopic (exact) mass is 381 g/mol. The molecule has 0 unspecified atom stereocenters. The molecule has 0 saturated carbocycles. The Balaban J connectivity index is 1.46. The molecule has 1 aliphatic heterocycles. The van der Waals surface area contributed by atoms with Crippen LogP contribution in [0.5, 0.6) is 5.75 Å². The fraction of sp³-hybridized carbons (Fsp3) is 0.222. The molecule has 1 aromatic carbocycles. The lowest BCUT2D eigenvalue weighted by Gasteiger charge is -2.18. The van der Waals surface area contributed by atoms with Crippen molar-refractivity contribution in [1.29, 1.82) is 0 Å². The van der Waals surface area contributed by atoms with Crippen LogP contribution >= 0.6 is 0 Å². The molecule has 0 radical (unpaired) electrons. The van der Waals surface area contributed by atoms with E-state index in [0.717, 1.165) is 11.4 Å². The Kier molecular flexibility index (Phi) is 4.22. The molecule has 142 valence electrons. The van der Waals surface area contributed by atoms with Gasteiger partial charge in [-0.1, -0.05) is 0 Å². The molecular formula is C18H15N5O5. The molecule has 4 rings (SSSR count). The van der Waals surface area contributed by atoms with Gasteiger partial charge in [0.25, 0.3) is 17.5 Å². The first-order chi connectivity index (χ1) is 13.4. The predicted octanol–water partition coefficient (Wildman–Crippen LogP) is 1.11. The first-order valence-corrected chi connectivity index (χ1v) is 8.39. The van der Waals surface area contributed by atoms with Crippen molar-refractivity contribution in [2.75, 3.05) is 18.5 Å². The van der Waals surface area contributed by atoms with Crippen molar-refractivity contribution < 1.29 is 23.9 Å². The Labute approximate surface area is 158 Å². The average molecular weight is 381 g/mol. The van der Waals surface area contributed by atoms with Gasteiger partial charge in [0.2, 0.25) is 0 Å². The van der Waals surface area contributed by atoms with E-state index in [-0.39, 0.29) is 29.7 Å². The maximum atomic E-state index is 12.3. The molecule has 3 aromatic rings. The molecule has 0 spiro atoms. The highest BCUT2D eigenvalue weighted by Crippen LogP contribution is 2.28. The first-order valence-electron chi connectivity index (χ1n) is 8.39. The van der Waals surface area contributed by atoms with Crippen LogP contribution in [0, 0.1) is 13.8 Å². The molecule has 10 heteroatoms. The molecule has 28 heavy (non-hydrogen) atoms. The summed E-state index contributed by atoms with van der Waals surface area (Å²) in [6.07, 6.45) is 0. The summed E-state index contributed by atoms with van der Waals surface area (Å²) >= 11 is 0. The van der Waals surface area contributed by atoms with E-state index in [4.69, 9.17) is 9.47 Å². The van der Waals surface area contributed by atoms with E-state index in [9.17, 15) is 14.4 Å². The number of amides is 1. The first kappa shape index (κ1) is 17.6. The number of carbonyl (C=O) groups excluding carboxylic acids is 3. The fourth-order valence-corrected chi connectivity index (χ4v) is 2.79. The van der Waals surface area contributed by atoms with Crippen LogP contribution in [0.25, 0.3) is 5.78 Å². The number of nitrogens with zero attached hydrogens (tertiary/aromatic N) is 4. The van der Waals surface area contributed by atoms with Gasteiger partial charge < -0.3 is 14.8 Å². The molecule has 1 aliphatic rings. The van der Waals surface area contributed by atoms with Crippen LogP contribution in [-0.2, 0) is 9.53 Å². The number of carbonyl (C=O) groups is 3. The van der Waals surface area contributed by atoms with E-state index in [0.29, 0.717) is 11.4 Å². The maximum Gasteiger partial charge on any atom is 0.378 e. The summed E-state index contributed by atoms with van der Waals surface area (Å²) in [6.45, 7) is 3.06. The van der Waals surface area contributed by atoms with Gasteiger partial charge in [-0.15, -0.1) is 5.10 Å². The third-order valence-electron chi connectivity index (χ3n) is 4.07. The van der Waals surface area contributed by atoms with Gasteiger partial charge in [0.1, 0.15) is 5.75 Å². The largest absolute Gasteiger partial charge is 0.482 e. The second kappa shape index (κ2) is 6.72. The van der Waals surface area contributed by atoms with Crippen molar-refractivity contribution in [1.82, 2.24) is 19.6 Å². The number of ketones is 1. The zero-order chi connectivity index (χ0) is 19.8. The Morgan fingerprint density at radius 3 is 2.89 bits per heavy atom. The number of Topliss-reactive ketones (excluding diaryl/α,β-unsaturated/α-hetero) is 1. The molecule has 0 bridgehead atoms. The van der Waals surface area contributed by atoms with Gasteiger partial charge in [-0.2, -0.15) is 4.98 Å². The van der Waals surface area contributed by atoms with Gasteiger partial charge in [0, 0.05) is 17.0 Å². The third-order valence-corrected chi connectivity index (χ3v) is 4.07. The number of nitrogens with one attached hydrogen (secondary N) is 1. The molecule has 3 heterocycles. The van der Waals surface area contributed by atoms with Crippen molar-refractivity contribution >= 4 is 29.1 Å². The molecule has 1 amide bonds. The minimum Gasteiger partial charge on any atom is -0.482 e. The highest BCUT2D eigenvalue weighted by Gasteiger charge is 2.20. The maximum absolute atomic E-state index is 12.3. The molecule has 1 N–H and O–H groups in total. The van der Waals surface area contributed by atoms with Crippen LogP contribution in [0.15, 0.2) is 24.3 Å². The van der Waals surface area contributed by atoms with Gasteiger partial charge in [-0.05, 0) is 38.1 Å². The van der Waals surface area contributed by atoms with Gasteiger partial charge in [-0.25, -0.2) is 14.3 Å². The van der Waals surface area contributed by atoms with Crippen LogP contribution in [0.3, 0.4) is 0 Å². The number of aromatic nitrogens is 4. The second-order valence-corrected chi connectivity index (χ2v) is 6.23. The molecule has 2 aromatic heterocycles. The molecule has 10 nitrogen and oxygen atoms in total. The minimum atomic E-state index is -0.828. The summed E-state index contributed by atoms with van der Waals surface area (Å²) in [5.74, 6) is -1.00. The number of anilines is 1. The van der Waals surface area contributed by atoms with Crippen molar-refractivity contribution in [3.05, 3.63) is 47.0 Å². The molecule has 0 saturated heterocycles. The molecule has 0 atom stereocenters. The Bertz CT molecular complexity index is 1140. The summed E-state index contributed by atoms with van der Waals surface area (Å²) in [4.78, 5) is 44.2. The number of hydrogen-bond acceptors (Lipinski definition) is 8. The molecule has 0 aliphatic carbocycles. The van der Waals surface area contributed by atoms with E-state index >= 15 is 0 Å². The summed E-state index contributed by atoms with van der Waals surface area (Å²) in [5, 5.41) is 6.68. The van der Waals surface area contributed by atoms with E-state index in [1.54, 1.807) is 12.1 Å². The zero-order valence-electron chi connectivity index (χ0n) is 15.1. The summed E-state index contributed by atoms with van der Waals surface area (Å²) in [7, 11) is 0. The predicted molar refractivity (Wildman–Crippen MR) is 95.4 cm³/mol. The van der Waals surface area contributed by atoms with Gasteiger partial charge in [0.15, 0.2) is 19.0 Å². The number of ether oxygens (including phenoxy) is 2.